The van der Waals surface area contributed by atoms with E-state index in [9.17, 15) is 4.39 Å². The zero-order valence-electron chi connectivity index (χ0n) is 11.0. The van der Waals surface area contributed by atoms with Crippen LogP contribution < -0.4 is 4.90 Å². The third-order valence-corrected chi connectivity index (χ3v) is 2.95. The fourth-order valence-electron chi connectivity index (χ4n) is 2.10. The molecule has 2 aromatic carbocycles. The zero-order valence-corrected chi connectivity index (χ0v) is 11.0. The van der Waals surface area contributed by atoms with Gasteiger partial charge in [-0.1, -0.05) is 12.1 Å². The average Bonchev–Trinajstić information content (AvgIpc) is 2.39. The molecule has 0 bridgehead atoms. The molecule has 19 heavy (non-hydrogen) atoms. The molecule has 0 saturated carbocycles. The monoisotopic (exact) mass is 254 g/mol. The summed E-state index contributed by atoms with van der Waals surface area (Å²) in [6, 6.07) is 14.4. The van der Waals surface area contributed by atoms with Crippen LogP contribution in [-0.4, -0.2) is 6.54 Å². The SMILES string of the molecule is CCN(c1cccc(C)c1)c1cc(F)cc(C#N)c1. The normalized spacial score (nSPS) is 10.0. The van der Waals surface area contributed by atoms with Crippen molar-refractivity contribution in [1.29, 1.82) is 5.26 Å². The number of hydrogen-bond donors (Lipinski definition) is 0. The Bertz CT molecular complexity index is 629. The first-order valence-electron chi connectivity index (χ1n) is 6.19. The van der Waals surface area contributed by atoms with E-state index in [2.05, 4.69) is 0 Å². The minimum atomic E-state index is -0.389. The Balaban J connectivity index is 2.48. The summed E-state index contributed by atoms with van der Waals surface area (Å²) >= 11 is 0. The van der Waals surface area contributed by atoms with Crippen molar-refractivity contribution in [2.75, 3.05) is 11.4 Å². The Morgan fingerprint density at radius 3 is 2.58 bits per heavy atom. The van der Waals surface area contributed by atoms with Gasteiger partial charge in [-0.25, -0.2) is 4.39 Å². The second kappa shape index (κ2) is 5.53. The molecule has 0 fully saturated rings. The minimum absolute atomic E-state index is 0.334. The van der Waals surface area contributed by atoms with E-state index in [4.69, 9.17) is 5.26 Å². The smallest absolute Gasteiger partial charge is 0.126 e. The molecule has 0 radical (unpaired) electrons. The van der Waals surface area contributed by atoms with Gasteiger partial charge in [0, 0.05) is 17.9 Å². The Morgan fingerprint density at radius 1 is 1.16 bits per heavy atom. The molecule has 0 aliphatic rings. The van der Waals surface area contributed by atoms with E-state index in [1.807, 2.05) is 49.1 Å². The van der Waals surface area contributed by atoms with Crippen LogP contribution in [0.2, 0.25) is 0 Å². The zero-order chi connectivity index (χ0) is 13.8. The van der Waals surface area contributed by atoms with Gasteiger partial charge in [0.05, 0.1) is 11.6 Å². The van der Waals surface area contributed by atoms with Crippen LogP contribution in [0.25, 0.3) is 0 Å². The number of nitriles is 1. The fraction of sp³-hybridized carbons (Fsp3) is 0.188. The number of rotatable bonds is 3. The van der Waals surface area contributed by atoms with Crippen LogP contribution >= 0.6 is 0 Å². The summed E-state index contributed by atoms with van der Waals surface area (Å²) in [5.74, 6) is -0.389. The van der Waals surface area contributed by atoms with Gasteiger partial charge in [0.15, 0.2) is 0 Å². The molecule has 2 aromatic rings. The van der Waals surface area contributed by atoms with E-state index >= 15 is 0 Å². The Labute approximate surface area is 112 Å². The summed E-state index contributed by atoms with van der Waals surface area (Å²) in [4.78, 5) is 1.98. The highest BCUT2D eigenvalue weighted by molar-refractivity contribution is 5.65. The molecular weight excluding hydrogens is 239 g/mol. The summed E-state index contributed by atoms with van der Waals surface area (Å²) in [6.45, 7) is 4.72. The van der Waals surface area contributed by atoms with Crippen LogP contribution in [-0.2, 0) is 0 Å². The van der Waals surface area contributed by atoms with Gasteiger partial charge in [0.1, 0.15) is 5.82 Å². The molecule has 0 aromatic heterocycles. The van der Waals surface area contributed by atoms with Crippen molar-refractivity contribution in [3.8, 4) is 6.07 Å². The number of halogens is 1. The second-order valence-electron chi connectivity index (χ2n) is 4.39. The predicted molar refractivity (Wildman–Crippen MR) is 75.0 cm³/mol. The van der Waals surface area contributed by atoms with E-state index < -0.39 is 0 Å². The molecule has 0 unspecified atom stereocenters. The lowest BCUT2D eigenvalue weighted by atomic mass is 10.1. The molecule has 0 N–H and O–H groups in total. The van der Waals surface area contributed by atoms with Crippen LogP contribution in [0.4, 0.5) is 15.8 Å². The lowest BCUT2D eigenvalue weighted by Gasteiger charge is -2.24. The fourth-order valence-corrected chi connectivity index (χ4v) is 2.10. The summed E-state index contributed by atoms with van der Waals surface area (Å²) < 4.78 is 13.5. The van der Waals surface area contributed by atoms with Gasteiger partial charge >= 0.3 is 0 Å². The van der Waals surface area contributed by atoms with Crippen LogP contribution in [0, 0.1) is 24.1 Å². The quantitative estimate of drug-likeness (QED) is 0.822. The van der Waals surface area contributed by atoms with Crippen molar-refractivity contribution >= 4 is 11.4 Å². The Morgan fingerprint density at radius 2 is 1.95 bits per heavy atom. The molecule has 0 heterocycles. The number of aryl methyl sites for hydroxylation is 1. The van der Waals surface area contributed by atoms with Crippen LogP contribution in [0.1, 0.15) is 18.1 Å². The molecular formula is C16H15FN2. The van der Waals surface area contributed by atoms with Crippen LogP contribution in [0.15, 0.2) is 42.5 Å². The highest BCUT2D eigenvalue weighted by Gasteiger charge is 2.10. The molecule has 0 atom stereocenters. The predicted octanol–water partition coefficient (Wildman–Crippen LogP) is 4.16. The van der Waals surface area contributed by atoms with Crippen molar-refractivity contribution in [3.05, 3.63) is 59.4 Å². The average molecular weight is 254 g/mol. The van der Waals surface area contributed by atoms with Crippen LogP contribution in [0.3, 0.4) is 0 Å². The van der Waals surface area contributed by atoms with E-state index in [0.29, 0.717) is 17.8 Å². The first kappa shape index (κ1) is 13.1. The van der Waals surface area contributed by atoms with Gasteiger partial charge in [0.2, 0.25) is 0 Å². The highest BCUT2D eigenvalue weighted by Crippen LogP contribution is 2.27. The number of benzene rings is 2. The number of hydrogen-bond acceptors (Lipinski definition) is 2. The van der Waals surface area contributed by atoms with Gasteiger partial charge in [-0.15, -0.1) is 0 Å². The Hall–Kier alpha value is -2.34. The Kier molecular flexibility index (Phi) is 3.82. The number of nitrogens with zero attached hydrogens (tertiary/aromatic N) is 2. The van der Waals surface area contributed by atoms with E-state index in [1.165, 1.54) is 12.1 Å². The maximum absolute atomic E-state index is 13.5. The second-order valence-corrected chi connectivity index (χ2v) is 4.39. The maximum atomic E-state index is 13.5. The van der Waals surface area contributed by atoms with Crippen molar-refractivity contribution in [1.82, 2.24) is 0 Å². The molecule has 2 nitrogen and oxygen atoms in total. The lowest BCUT2D eigenvalue weighted by Crippen LogP contribution is -2.16. The molecule has 3 heteroatoms. The molecule has 96 valence electrons. The van der Waals surface area contributed by atoms with E-state index in [0.717, 1.165) is 11.3 Å². The molecule has 2 rings (SSSR count). The summed E-state index contributed by atoms with van der Waals surface area (Å²) in [7, 11) is 0. The number of anilines is 2. The minimum Gasteiger partial charge on any atom is -0.342 e. The third-order valence-electron chi connectivity index (χ3n) is 2.95. The molecule has 0 aliphatic heterocycles. The third kappa shape index (κ3) is 2.92. The largest absolute Gasteiger partial charge is 0.342 e. The standard InChI is InChI=1S/C16H15FN2/c1-3-19(15-6-4-5-12(2)7-15)16-9-13(11-18)8-14(17)10-16/h4-10H,3H2,1-2H3. The van der Waals surface area contributed by atoms with Gasteiger partial charge in [-0.3, -0.25) is 0 Å². The highest BCUT2D eigenvalue weighted by atomic mass is 19.1. The van der Waals surface area contributed by atoms with Crippen LogP contribution in [0.5, 0.6) is 0 Å². The molecule has 0 saturated heterocycles. The van der Waals surface area contributed by atoms with Crippen molar-refractivity contribution < 1.29 is 4.39 Å². The van der Waals surface area contributed by atoms with Gasteiger partial charge in [-0.2, -0.15) is 5.26 Å². The first-order valence-corrected chi connectivity index (χ1v) is 6.19. The van der Waals surface area contributed by atoms with Crippen molar-refractivity contribution in [3.63, 3.8) is 0 Å². The summed E-state index contributed by atoms with van der Waals surface area (Å²) in [5.41, 5.74) is 3.18. The molecule has 0 aliphatic carbocycles. The van der Waals surface area contributed by atoms with Crippen molar-refractivity contribution in [2.45, 2.75) is 13.8 Å². The van der Waals surface area contributed by atoms with Gasteiger partial charge < -0.3 is 4.90 Å². The molecule has 0 amide bonds. The van der Waals surface area contributed by atoms with E-state index in [-0.39, 0.29) is 5.82 Å². The van der Waals surface area contributed by atoms with E-state index in [1.54, 1.807) is 6.07 Å². The maximum Gasteiger partial charge on any atom is 0.126 e. The topological polar surface area (TPSA) is 27.0 Å². The molecule has 0 spiro atoms. The lowest BCUT2D eigenvalue weighted by molar-refractivity contribution is 0.627. The first-order chi connectivity index (χ1) is 9.13. The summed E-state index contributed by atoms with van der Waals surface area (Å²) in [5, 5.41) is 8.92. The van der Waals surface area contributed by atoms with Crippen molar-refractivity contribution in [2.24, 2.45) is 0 Å². The summed E-state index contributed by atoms with van der Waals surface area (Å²) in [6.07, 6.45) is 0. The van der Waals surface area contributed by atoms with Gasteiger partial charge in [-0.05, 0) is 49.7 Å². The van der Waals surface area contributed by atoms with Gasteiger partial charge in [0.25, 0.3) is 0 Å².